The van der Waals surface area contributed by atoms with Gasteiger partial charge < -0.3 is 14.4 Å². The first kappa shape index (κ1) is 15.1. The smallest absolute Gasteiger partial charge is 0.186 e. The summed E-state index contributed by atoms with van der Waals surface area (Å²) in [7, 11) is 3.34. The van der Waals surface area contributed by atoms with Gasteiger partial charge in [0, 0.05) is 27.7 Å². The molecule has 0 saturated carbocycles. The average Bonchev–Trinajstić information content (AvgIpc) is 2.79. The van der Waals surface area contributed by atoms with Crippen LogP contribution in [-0.4, -0.2) is 50.8 Å². The van der Waals surface area contributed by atoms with Gasteiger partial charge in [0.05, 0.1) is 30.3 Å². The second-order valence-corrected chi connectivity index (χ2v) is 5.06. The zero-order chi connectivity index (χ0) is 13.5. The van der Waals surface area contributed by atoms with Crippen molar-refractivity contribution in [1.29, 1.82) is 0 Å². The second kappa shape index (κ2) is 7.45. The molecule has 1 unspecified atom stereocenters. The Morgan fingerprint density at radius 1 is 1.50 bits per heavy atom. The molecule has 0 bridgehead atoms. The van der Waals surface area contributed by atoms with Crippen LogP contribution in [0.15, 0.2) is 6.20 Å². The Hall–Kier alpha value is -0.980. The summed E-state index contributed by atoms with van der Waals surface area (Å²) in [6, 6.07) is 0.191. The van der Waals surface area contributed by atoms with E-state index < -0.39 is 0 Å². The number of nitrogens with zero attached hydrogens (tertiary/aromatic N) is 2. The van der Waals surface area contributed by atoms with Gasteiger partial charge in [0.2, 0.25) is 0 Å². The Morgan fingerprint density at radius 2 is 2.22 bits per heavy atom. The average molecular weight is 272 g/mol. The molecule has 0 spiro atoms. The summed E-state index contributed by atoms with van der Waals surface area (Å²) < 4.78 is 10.3. The van der Waals surface area contributed by atoms with Crippen LogP contribution in [0.4, 0.5) is 5.13 Å². The number of ketones is 1. The van der Waals surface area contributed by atoms with E-state index in [-0.39, 0.29) is 11.8 Å². The summed E-state index contributed by atoms with van der Waals surface area (Å²) in [6.07, 6.45) is 1.63. The van der Waals surface area contributed by atoms with Crippen molar-refractivity contribution >= 4 is 22.3 Å². The molecule has 0 amide bonds. The zero-order valence-electron chi connectivity index (χ0n) is 11.3. The van der Waals surface area contributed by atoms with Gasteiger partial charge >= 0.3 is 0 Å². The lowest BCUT2D eigenvalue weighted by Crippen LogP contribution is -2.38. The molecule has 0 fully saturated rings. The highest BCUT2D eigenvalue weighted by atomic mass is 32.1. The van der Waals surface area contributed by atoms with Crippen molar-refractivity contribution in [2.75, 3.05) is 38.9 Å². The quantitative estimate of drug-likeness (QED) is 0.676. The number of aromatic nitrogens is 1. The van der Waals surface area contributed by atoms with Gasteiger partial charge in [-0.2, -0.15) is 0 Å². The highest BCUT2D eigenvalue weighted by molar-refractivity contribution is 7.17. The molecule has 1 atom stereocenters. The van der Waals surface area contributed by atoms with Gasteiger partial charge in [0.1, 0.15) is 0 Å². The highest BCUT2D eigenvalue weighted by Crippen LogP contribution is 2.24. The van der Waals surface area contributed by atoms with Crippen molar-refractivity contribution in [3.63, 3.8) is 0 Å². The van der Waals surface area contributed by atoms with E-state index in [9.17, 15) is 4.79 Å². The molecular formula is C12H20N2O3S. The minimum absolute atomic E-state index is 0.0461. The molecule has 1 aromatic rings. The molecule has 0 saturated heterocycles. The molecular weight excluding hydrogens is 252 g/mol. The van der Waals surface area contributed by atoms with Gasteiger partial charge in [-0.15, -0.1) is 0 Å². The monoisotopic (exact) mass is 272 g/mol. The van der Waals surface area contributed by atoms with E-state index in [1.54, 1.807) is 27.3 Å². The van der Waals surface area contributed by atoms with E-state index in [1.165, 1.54) is 11.3 Å². The van der Waals surface area contributed by atoms with Crippen LogP contribution in [0, 0.1) is 0 Å². The highest BCUT2D eigenvalue weighted by Gasteiger charge is 2.18. The summed E-state index contributed by atoms with van der Waals surface area (Å²) in [5.74, 6) is 0.0461. The molecule has 1 aromatic heterocycles. The van der Waals surface area contributed by atoms with Crippen LogP contribution in [0.3, 0.4) is 0 Å². The fourth-order valence-electron chi connectivity index (χ4n) is 1.59. The minimum Gasteiger partial charge on any atom is -0.383 e. The lowest BCUT2D eigenvalue weighted by atomic mass is 10.3. The number of Topliss-reactive ketones (excluding diaryl/α,β-unsaturated/α-hetero) is 1. The van der Waals surface area contributed by atoms with Crippen LogP contribution in [0.2, 0.25) is 0 Å². The van der Waals surface area contributed by atoms with E-state index >= 15 is 0 Å². The Kier molecular flexibility index (Phi) is 6.24. The van der Waals surface area contributed by atoms with E-state index in [2.05, 4.69) is 16.8 Å². The van der Waals surface area contributed by atoms with Crippen LogP contribution in [0.5, 0.6) is 0 Å². The standard InChI is InChI=1S/C12H20N2O3S/c1-9(8-17-4)14(5-6-16-3)12-13-7-11(18-12)10(2)15/h7,9H,5-6,8H2,1-4H3. The van der Waals surface area contributed by atoms with Gasteiger partial charge in [0.15, 0.2) is 10.9 Å². The number of rotatable bonds is 8. The fourth-order valence-corrected chi connectivity index (χ4v) is 2.53. The summed E-state index contributed by atoms with van der Waals surface area (Å²) >= 11 is 1.41. The molecule has 0 aliphatic heterocycles. The lowest BCUT2D eigenvalue weighted by molar-refractivity contribution is 0.102. The molecule has 0 aliphatic rings. The maximum Gasteiger partial charge on any atom is 0.186 e. The largest absolute Gasteiger partial charge is 0.383 e. The van der Waals surface area contributed by atoms with Gasteiger partial charge in [-0.05, 0) is 6.92 Å². The number of carbonyl (C=O) groups is 1. The topological polar surface area (TPSA) is 51.7 Å². The van der Waals surface area contributed by atoms with E-state index in [0.29, 0.717) is 18.1 Å². The predicted molar refractivity (Wildman–Crippen MR) is 72.7 cm³/mol. The molecule has 5 nitrogen and oxygen atoms in total. The summed E-state index contributed by atoms with van der Waals surface area (Å²) in [4.78, 5) is 18.4. The van der Waals surface area contributed by atoms with Crippen LogP contribution >= 0.6 is 11.3 Å². The number of hydrogen-bond acceptors (Lipinski definition) is 6. The van der Waals surface area contributed by atoms with Crippen molar-refractivity contribution in [2.24, 2.45) is 0 Å². The summed E-state index contributed by atoms with van der Waals surface area (Å²) in [6.45, 7) is 5.57. The third kappa shape index (κ3) is 4.04. The maximum atomic E-state index is 11.3. The van der Waals surface area contributed by atoms with Gasteiger partial charge in [0.25, 0.3) is 0 Å². The van der Waals surface area contributed by atoms with E-state index in [1.807, 2.05) is 0 Å². The molecule has 0 aliphatic carbocycles. The molecule has 102 valence electrons. The predicted octanol–water partition coefficient (Wildman–Crippen LogP) is 1.83. The number of thiazole rings is 1. The first-order valence-corrected chi connectivity index (χ1v) is 6.63. The van der Waals surface area contributed by atoms with Crippen LogP contribution in [-0.2, 0) is 9.47 Å². The van der Waals surface area contributed by atoms with Crippen LogP contribution < -0.4 is 4.90 Å². The third-order valence-electron chi connectivity index (χ3n) is 2.56. The fraction of sp³-hybridized carbons (Fsp3) is 0.667. The van der Waals surface area contributed by atoms with Gasteiger partial charge in [-0.3, -0.25) is 4.79 Å². The van der Waals surface area contributed by atoms with Crippen molar-refractivity contribution < 1.29 is 14.3 Å². The van der Waals surface area contributed by atoms with Gasteiger partial charge in [-0.25, -0.2) is 4.98 Å². The third-order valence-corrected chi connectivity index (χ3v) is 3.70. The van der Waals surface area contributed by atoms with Crippen molar-refractivity contribution in [2.45, 2.75) is 19.9 Å². The van der Waals surface area contributed by atoms with Crippen LogP contribution in [0.1, 0.15) is 23.5 Å². The Morgan fingerprint density at radius 3 is 2.72 bits per heavy atom. The van der Waals surface area contributed by atoms with E-state index in [4.69, 9.17) is 9.47 Å². The molecule has 6 heteroatoms. The molecule has 1 heterocycles. The minimum atomic E-state index is 0.0461. The first-order chi connectivity index (χ1) is 8.60. The van der Waals surface area contributed by atoms with Crippen LogP contribution in [0.25, 0.3) is 0 Å². The Bertz CT molecular complexity index is 381. The molecule has 0 aromatic carbocycles. The van der Waals surface area contributed by atoms with Gasteiger partial charge in [-0.1, -0.05) is 11.3 Å². The SMILES string of the molecule is COCCN(c1ncc(C(C)=O)s1)C(C)COC. The number of ether oxygens (including phenoxy) is 2. The van der Waals surface area contributed by atoms with Crippen molar-refractivity contribution in [1.82, 2.24) is 4.98 Å². The number of hydrogen-bond donors (Lipinski definition) is 0. The zero-order valence-corrected chi connectivity index (χ0v) is 12.1. The molecule has 1 rings (SSSR count). The second-order valence-electron chi connectivity index (χ2n) is 4.05. The number of methoxy groups -OCH3 is 2. The summed E-state index contributed by atoms with van der Waals surface area (Å²) in [5, 5.41) is 0.835. The number of carbonyl (C=O) groups excluding carboxylic acids is 1. The molecule has 18 heavy (non-hydrogen) atoms. The Balaban J connectivity index is 2.82. The maximum absolute atomic E-state index is 11.3. The normalized spacial score (nSPS) is 12.4. The first-order valence-electron chi connectivity index (χ1n) is 5.81. The summed E-state index contributed by atoms with van der Waals surface area (Å²) in [5.41, 5.74) is 0. The molecule has 0 radical (unpaired) electrons. The number of anilines is 1. The van der Waals surface area contributed by atoms with E-state index in [0.717, 1.165) is 11.7 Å². The van der Waals surface area contributed by atoms with Crippen molar-refractivity contribution in [3.05, 3.63) is 11.1 Å². The lowest BCUT2D eigenvalue weighted by Gasteiger charge is -2.28. The van der Waals surface area contributed by atoms with Crippen molar-refractivity contribution in [3.8, 4) is 0 Å². The molecule has 0 N–H and O–H groups in total. The Labute approximate surface area is 112 Å².